The van der Waals surface area contributed by atoms with Gasteiger partial charge in [0.25, 0.3) is 0 Å². The normalized spacial score (nSPS) is 10.8. The molecular formula is C15H24N2O3. The summed E-state index contributed by atoms with van der Waals surface area (Å²) >= 11 is 0. The largest absolute Gasteiger partial charge is 0.465 e. The Labute approximate surface area is 120 Å². The van der Waals surface area contributed by atoms with Crippen molar-refractivity contribution >= 4 is 5.97 Å². The number of hydrogen-bond donors (Lipinski definition) is 1. The van der Waals surface area contributed by atoms with Crippen LogP contribution in [-0.4, -0.2) is 37.3 Å². The van der Waals surface area contributed by atoms with E-state index in [4.69, 9.17) is 4.74 Å². The van der Waals surface area contributed by atoms with Gasteiger partial charge in [0.1, 0.15) is 0 Å². The second kappa shape index (κ2) is 9.44. The fraction of sp³-hybridized carbons (Fsp3) is 0.600. The predicted molar refractivity (Wildman–Crippen MR) is 77.6 cm³/mol. The Bertz CT molecular complexity index is 391. The van der Waals surface area contributed by atoms with Crippen LogP contribution in [0.25, 0.3) is 0 Å². The number of unbranched alkanes of at least 4 members (excludes halogenated alkanes) is 1. The summed E-state index contributed by atoms with van der Waals surface area (Å²) in [4.78, 5) is 15.5. The minimum absolute atomic E-state index is 0.306. The van der Waals surface area contributed by atoms with Gasteiger partial charge in [0, 0.05) is 19.3 Å². The number of methoxy groups -OCH3 is 1. The van der Waals surface area contributed by atoms with E-state index in [2.05, 4.69) is 15.0 Å². The van der Waals surface area contributed by atoms with Crippen molar-refractivity contribution in [3.8, 4) is 0 Å². The quantitative estimate of drug-likeness (QED) is 0.555. The molecule has 0 atom stereocenters. The van der Waals surface area contributed by atoms with Crippen molar-refractivity contribution in [1.29, 1.82) is 0 Å². The van der Waals surface area contributed by atoms with E-state index < -0.39 is 0 Å². The predicted octanol–water partition coefficient (Wildman–Crippen LogP) is 2.16. The standard InChI is InChI=1S/C15H24N2O3/c1-12(2)20-9-5-4-8-16-11-14-7-6-13(10-17-14)15(18)19-3/h6-7,10,12,16H,4-5,8-9,11H2,1-3H3. The fourth-order valence-corrected chi connectivity index (χ4v) is 1.66. The summed E-state index contributed by atoms with van der Waals surface area (Å²) in [6.45, 7) is 6.53. The second-order valence-corrected chi connectivity index (χ2v) is 4.83. The lowest BCUT2D eigenvalue weighted by Gasteiger charge is -2.08. The molecule has 0 fully saturated rings. The molecule has 0 aliphatic rings. The molecule has 1 N–H and O–H groups in total. The average molecular weight is 280 g/mol. The zero-order valence-electron chi connectivity index (χ0n) is 12.5. The van der Waals surface area contributed by atoms with Crippen LogP contribution in [-0.2, 0) is 16.0 Å². The van der Waals surface area contributed by atoms with E-state index in [1.54, 1.807) is 12.3 Å². The highest BCUT2D eigenvalue weighted by Crippen LogP contribution is 2.02. The Kier molecular flexibility index (Phi) is 7.84. The van der Waals surface area contributed by atoms with Crippen LogP contribution >= 0.6 is 0 Å². The van der Waals surface area contributed by atoms with Crippen LogP contribution in [0.4, 0.5) is 0 Å². The molecule has 1 aromatic heterocycles. The molecule has 0 amide bonds. The van der Waals surface area contributed by atoms with Gasteiger partial charge in [-0.3, -0.25) is 4.98 Å². The molecule has 20 heavy (non-hydrogen) atoms. The summed E-state index contributed by atoms with van der Waals surface area (Å²) < 4.78 is 10.1. The molecule has 0 saturated heterocycles. The highest BCUT2D eigenvalue weighted by Gasteiger charge is 2.04. The van der Waals surface area contributed by atoms with E-state index in [0.717, 1.165) is 31.7 Å². The SMILES string of the molecule is COC(=O)c1ccc(CNCCCCOC(C)C)nc1. The first-order valence-electron chi connectivity index (χ1n) is 6.99. The van der Waals surface area contributed by atoms with E-state index in [1.165, 1.54) is 7.11 Å². The second-order valence-electron chi connectivity index (χ2n) is 4.83. The summed E-state index contributed by atoms with van der Waals surface area (Å²) in [5.41, 5.74) is 1.39. The van der Waals surface area contributed by atoms with E-state index in [9.17, 15) is 4.79 Å². The molecule has 0 saturated carbocycles. The lowest BCUT2D eigenvalue weighted by Crippen LogP contribution is -2.16. The van der Waals surface area contributed by atoms with Gasteiger partial charge in [-0.1, -0.05) is 0 Å². The Morgan fingerprint density at radius 3 is 2.75 bits per heavy atom. The highest BCUT2D eigenvalue weighted by atomic mass is 16.5. The number of rotatable bonds is 9. The first-order chi connectivity index (χ1) is 9.63. The van der Waals surface area contributed by atoms with Gasteiger partial charge in [-0.25, -0.2) is 4.79 Å². The van der Waals surface area contributed by atoms with Gasteiger partial charge in [0.15, 0.2) is 0 Å². The minimum Gasteiger partial charge on any atom is -0.465 e. The summed E-state index contributed by atoms with van der Waals surface area (Å²) in [6, 6.07) is 3.56. The van der Waals surface area contributed by atoms with E-state index in [1.807, 2.05) is 19.9 Å². The van der Waals surface area contributed by atoms with Crippen LogP contribution in [0, 0.1) is 0 Å². The topological polar surface area (TPSA) is 60.5 Å². The third-order valence-electron chi connectivity index (χ3n) is 2.75. The molecule has 0 spiro atoms. The maximum Gasteiger partial charge on any atom is 0.339 e. The molecule has 0 radical (unpaired) electrons. The number of ether oxygens (including phenoxy) is 2. The van der Waals surface area contributed by atoms with Crippen molar-refractivity contribution in [2.24, 2.45) is 0 Å². The summed E-state index contributed by atoms with van der Waals surface area (Å²) in [6.07, 6.45) is 3.98. The highest BCUT2D eigenvalue weighted by molar-refractivity contribution is 5.88. The van der Waals surface area contributed by atoms with Crippen molar-refractivity contribution in [2.45, 2.75) is 39.3 Å². The van der Waals surface area contributed by atoms with Gasteiger partial charge >= 0.3 is 5.97 Å². The van der Waals surface area contributed by atoms with Crippen LogP contribution in [0.1, 0.15) is 42.7 Å². The van der Waals surface area contributed by atoms with Crippen molar-refractivity contribution in [2.75, 3.05) is 20.3 Å². The Morgan fingerprint density at radius 1 is 1.35 bits per heavy atom. The Balaban J connectivity index is 2.14. The van der Waals surface area contributed by atoms with E-state index in [-0.39, 0.29) is 5.97 Å². The van der Waals surface area contributed by atoms with Crippen LogP contribution in [0.2, 0.25) is 0 Å². The average Bonchev–Trinajstić information content (AvgIpc) is 2.45. The molecule has 0 aliphatic heterocycles. The number of pyridine rings is 1. The lowest BCUT2D eigenvalue weighted by atomic mass is 10.2. The summed E-state index contributed by atoms with van der Waals surface area (Å²) in [5.74, 6) is -0.359. The maximum absolute atomic E-state index is 11.2. The molecule has 5 heteroatoms. The number of esters is 1. The van der Waals surface area contributed by atoms with Gasteiger partial charge in [-0.15, -0.1) is 0 Å². The zero-order chi connectivity index (χ0) is 14.8. The van der Waals surface area contributed by atoms with Crippen molar-refractivity contribution in [3.05, 3.63) is 29.6 Å². The van der Waals surface area contributed by atoms with Crippen molar-refractivity contribution in [3.63, 3.8) is 0 Å². The third-order valence-corrected chi connectivity index (χ3v) is 2.75. The van der Waals surface area contributed by atoms with Crippen LogP contribution in [0.15, 0.2) is 18.3 Å². The number of aromatic nitrogens is 1. The number of carbonyl (C=O) groups excluding carboxylic acids is 1. The first kappa shape index (κ1) is 16.6. The van der Waals surface area contributed by atoms with Crippen LogP contribution in [0.5, 0.6) is 0 Å². The molecule has 0 aliphatic carbocycles. The monoisotopic (exact) mass is 280 g/mol. The lowest BCUT2D eigenvalue weighted by molar-refractivity contribution is 0.0600. The van der Waals surface area contributed by atoms with Crippen LogP contribution in [0.3, 0.4) is 0 Å². The summed E-state index contributed by atoms with van der Waals surface area (Å²) in [7, 11) is 1.36. The molecular weight excluding hydrogens is 256 g/mol. The van der Waals surface area contributed by atoms with Crippen LogP contribution < -0.4 is 5.32 Å². The molecule has 112 valence electrons. The number of hydrogen-bond acceptors (Lipinski definition) is 5. The van der Waals surface area contributed by atoms with Gasteiger partial charge in [0.2, 0.25) is 0 Å². The molecule has 5 nitrogen and oxygen atoms in total. The van der Waals surface area contributed by atoms with E-state index in [0.29, 0.717) is 18.2 Å². The molecule has 1 aromatic rings. The Morgan fingerprint density at radius 2 is 2.15 bits per heavy atom. The summed E-state index contributed by atoms with van der Waals surface area (Å²) in [5, 5.41) is 3.32. The van der Waals surface area contributed by atoms with Gasteiger partial charge < -0.3 is 14.8 Å². The van der Waals surface area contributed by atoms with Crippen molar-refractivity contribution in [1.82, 2.24) is 10.3 Å². The van der Waals surface area contributed by atoms with Gasteiger partial charge in [0.05, 0.1) is 24.5 Å². The minimum atomic E-state index is -0.359. The van der Waals surface area contributed by atoms with Crippen molar-refractivity contribution < 1.29 is 14.3 Å². The number of nitrogens with one attached hydrogen (secondary N) is 1. The van der Waals surface area contributed by atoms with Gasteiger partial charge in [-0.05, 0) is 45.4 Å². The first-order valence-corrected chi connectivity index (χ1v) is 6.99. The Hall–Kier alpha value is -1.46. The molecule has 0 aromatic carbocycles. The maximum atomic E-state index is 11.2. The third kappa shape index (κ3) is 6.63. The molecule has 0 bridgehead atoms. The molecule has 1 heterocycles. The number of nitrogens with zero attached hydrogens (tertiary/aromatic N) is 1. The van der Waals surface area contributed by atoms with E-state index >= 15 is 0 Å². The number of carbonyl (C=O) groups is 1. The van der Waals surface area contributed by atoms with Gasteiger partial charge in [-0.2, -0.15) is 0 Å². The fourth-order valence-electron chi connectivity index (χ4n) is 1.66. The zero-order valence-corrected chi connectivity index (χ0v) is 12.5. The smallest absolute Gasteiger partial charge is 0.339 e. The molecule has 1 rings (SSSR count). The molecule has 0 unspecified atom stereocenters.